The van der Waals surface area contributed by atoms with Crippen molar-refractivity contribution in [2.75, 3.05) is 38.3 Å². The van der Waals surface area contributed by atoms with Crippen molar-refractivity contribution in [3.8, 4) is 0 Å². The van der Waals surface area contributed by atoms with Gasteiger partial charge in [0.2, 0.25) is 0 Å². The Morgan fingerprint density at radius 3 is 2.65 bits per heavy atom. The molecule has 0 amide bonds. The van der Waals surface area contributed by atoms with Crippen LogP contribution in [-0.4, -0.2) is 33.4 Å². The predicted molar refractivity (Wildman–Crippen MR) is 85.4 cm³/mol. The summed E-state index contributed by atoms with van der Waals surface area (Å²) in [5.41, 5.74) is 4.17. The highest BCUT2D eigenvalue weighted by Gasteiger charge is 2.19. The molecule has 1 aliphatic rings. The maximum Gasteiger partial charge on any atom is 0.0491 e. The van der Waals surface area contributed by atoms with E-state index in [-0.39, 0.29) is 0 Å². The fourth-order valence-corrected chi connectivity index (χ4v) is 2.93. The largest absolute Gasteiger partial charge is 0.384 e. The second-order valence-electron chi connectivity index (χ2n) is 5.78. The first-order valence-electron chi connectivity index (χ1n) is 7.78. The van der Waals surface area contributed by atoms with E-state index in [1.807, 2.05) is 0 Å². The highest BCUT2D eigenvalue weighted by atomic mass is 16.5. The predicted octanol–water partition coefficient (Wildman–Crippen LogP) is 2.97. The van der Waals surface area contributed by atoms with Crippen molar-refractivity contribution in [1.82, 2.24) is 5.32 Å². The molecule has 0 bridgehead atoms. The molecule has 0 aromatic heterocycles. The van der Waals surface area contributed by atoms with Gasteiger partial charge in [-0.15, -0.1) is 0 Å². The normalized spacial score (nSPS) is 16.6. The standard InChI is InChI=1S/C17H28N2O/c1-4-18-12-16-5-6-17(11-14(16)2)19-9-7-15(8-10-19)13-20-3/h5-6,11,15,18H,4,7-10,12-13H2,1-3H3. The quantitative estimate of drug-likeness (QED) is 0.864. The van der Waals surface area contributed by atoms with Gasteiger partial charge in [0.25, 0.3) is 0 Å². The zero-order valence-electron chi connectivity index (χ0n) is 13.1. The van der Waals surface area contributed by atoms with Gasteiger partial charge in [-0.2, -0.15) is 0 Å². The van der Waals surface area contributed by atoms with Gasteiger partial charge >= 0.3 is 0 Å². The van der Waals surface area contributed by atoms with Crippen LogP contribution < -0.4 is 10.2 Å². The number of nitrogens with zero attached hydrogens (tertiary/aromatic N) is 1. The molecule has 0 aliphatic carbocycles. The monoisotopic (exact) mass is 276 g/mol. The molecule has 0 spiro atoms. The number of aryl methyl sites for hydroxylation is 1. The molecule has 112 valence electrons. The smallest absolute Gasteiger partial charge is 0.0491 e. The Labute approximate surface area is 123 Å². The molecular weight excluding hydrogens is 248 g/mol. The number of piperidine rings is 1. The maximum absolute atomic E-state index is 5.27. The summed E-state index contributed by atoms with van der Waals surface area (Å²) in [4.78, 5) is 2.51. The number of anilines is 1. The lowest BCUT2D eigenvalue weighted by molar-refractivity contribution is 0.139. The minimum Gasteiger partial charge on any atom is -0.384 e. The summed E-state index contributed by atoms with van der Waals surface area (Å²) in [6.07, 6.45) is 2.48. The first-order chi connectivity index (χ1) is 9.74. The van der Waals surface area contributed by atoms with E-state index < -0.39 is 0 Å². The van der Waals surface area contributed by atoms with Gasteiger partial charge in [-0.05, 0) is 55.5 Å². The van der Waals surface area contributed by atoms with Crippen molar-refractivity contribution in [3.63, 3.8) is 0 Å². The summed E-state index contributed by atoms with van der Waals surface area (Å²) in [6, 6.07) is 6.88. The molecule has 1 heterocycles. The van der Waals surface area contributed by atoms with Crippen molar-refractivity contribution < 1.29 is 4.74 Å². The molecule has 1 fully saturated rings. The Morgan fingerprint density at radius 2 is 2.05 bits per heavy atom. The molecule has 1 N–H and O–H groups in total. The van der Waals surface area contributed by atoms with Crippen LogP contribution in [0.4, 0.5) is 5.69 Å². The van der Waals surface area contributed by atoms with Crippen LogP contribution in [0.15, 0.2) is 18.2 Å². The molecule has 1 aromatic carbocycles. The van der Waals surface area contributed by atoms with Crippen LogP contribution >= 0.6 is 0 Å². The SMILES string of the molecule is CCNCc1ccc(N2CCC(COC)CC2)cc1C. The fraction of sp³-hybridized carbons (Fsp3) is 0.647. The van der Waals surface area contributed by atoms with Crippen molar-refractivity contribution >= 4 is 5.69 Å². The van der Waals surface area contributed by atoms with Crippen LogP contribution in [0.2, 0.25) is 0 Å². The average Bonchev–Trinajstić information content (AvgIpc) is 2.47. The second kappa shape index (κ2) is 7.65. The fourth-order valence-electron chi connectivity index (χ4n) is 2.93. The summed E-state index contributed by atoms with van der Waals surface area (Å²) in [5.74, 6) is 0.741. The number of hydrogen-bond donors (Lipinski definition) is 1. The maximum atomic E-state index is 5.27. The minimum atomic E-state index is 0.741. The van der Waals surface area contributed by atoms with Crippen molar-refractivity contribution in [2.24, 2.45) is 5.92 Å². The van der Waals surface area contributed by atoms with E-state index in [9.17, 15) is 0 Å². The van der Waals surface area contributed by atoms with E-state index in [1.54, 1.807) is 7.11 Å². The number of ether oxygens (including phenoxy) is 1. The van der Waals surface area contributed by atoms with Gasteiger partial charge < -0.3 is 15.0 Å². The van der Waals surface area contributed by atoms with Crippen LogP contribution in [0, 0.1) is 12.8 Å². The van der Waals surface area contributed by atoms with Gasteiger partial charge in [0.05, 0.1) is 0 Å². The topological polar surface area (TPSA) is 24.5 Å². The van der Waals surface area contributed by atoms with Gasteiger partial charge in [-0.25, -0.2) is 0 Å². The number of hydrogen-bond acceptors (Lipinski definition) is 3. The molecule has 3 heteroatoms. The summed E-state index contributed by atoms with van der Waals surface area (Å²) in [6.45, 7) is 9.57. The summed E-state index contributed by atoms with van der Waals surface area (Å²) in [5, 5.41) is 3.40. The van der Waals surface area contributed by atoms with Crippen LogP contribution in [0.25, 0.3) is 0 Å². The molecule has 1 aromatic rings. The molecule has 2 rings (SSSR count). The lowest BCUT2D eigenvalue weighted by Crippen LogP contribution is -2.35. The van der Waals surface area contributed by atoms with Crippen molar-refractivity contribution in [3.05, 3.63) is 29.3 Å². The Bertz CT molecular complexity index is 411. The first kappa shape index (κ1) is 15.3. The van der Waals surface area contributed by atoms with Gasteiger partial charge in [-0.1, -0.05) is 13.0 Å². The van der Waals surface area contributed by atoms with Gasteiger partial charge in [-0.3, -0.25) is 0 Å². The molecule has 0 unspecified atom stereocenters. The lowest BCUT2D eigenvalue weighted by Gasteiger charge is -2.33. The van der Waals surface area contributed by atoms with Crippen molar-refractivity contribution in [1.29, 1.82) is 0 Å². The lowest BCUT2D eigenvalue weighted by atomic mass is 9.97. The van der Waals surface area contributed by atoms with E-state index in [0.717, 1.165) is 38.7 Å². The first-order valence-corrected chi connectivity index (χ1v) is 7.78. The molecule has 0 atom stereocenters. The number of benzene rings is 1. The molecule has 0 saturated carbocycles. The van der Waals surface area contributed by atoms with E-state index in [1.165, 1.54) is 29.7 Å². The van der Waals surface area contributed by atoms with E-state index in [0.29, 0.717) is 0 Å². The third-order valence-corrected chi connectivity index (χ3v) is 4.27. The number of nitrogens with one attached hydrogen (secondary N) is 1. The molecule has 20 heavy (non-hydrogen) atoms. The Balaban J connectivity index is 1.95. The van der Waals surface area contributed by atoms with E-state index >= 15 is 0 Å². The third-order valence-electron chi connectivity index (χ3n) is 4.27. The van der Waals surface area contributed by atoms with Crippen LogP contribution in [0.5, 0.6) is 0 Å². The highest BCUT2D eigenvalue weighted by Crippen LogP contribution is 2.25. The molecule has 0 radical (unpaired) electrons. The highest BCUT2D eigenvalue weighted by molar-refractivity contribution is 5.51. The summed E-state index contributed by atoms with van der Waals surface area (Å²) < 4.78 is 5.27. The number of rotatable bonds is 6. The molecule has 3 nitrogen and oxygen atoms in total. The molecule has 1 saturated heterocycles. The zero-order valence-corrected chi connectivity index (χ0v) is 13.1. The van der Waals surface area contributed by atoms with Crippen molar-refractivity contribution in [2.45, 2.75) is 33.2 Å². The van der Waals surface area contributed by atoms with Crippen LogP contribution in [-0.2, 0) is 11.3 Å². The van der Waals surface area contributed by atoms with Gasteiger partial charge in [0.1, 0.15) is 0 Å². The van der Waals surface area contributed by atoms with E-state index in [4.69, 9.17) is 4.74 Å². The zero-order chi connectivity index (χ0) is 14.4. The Hall–Kier alpha value is -1.06. The third kappa shape index (κ3) is 3.97. The molecular formula is C17H28N2O. The van der Waals surface area contributed by atoms with Gasteiger partial charge in [0, 0.05) is 39.0 Å². The Kier molecular flexibility index (Phi) is 5.86. The average molecular weight is 276 g/mol. The number of methoxy groups -OCH3 is 1. The minimum absolute atomic E-state index is 0.741. The van der Waals surface area contributed by atoms with Crippen LogP contribution in [0.1, 0.15) is 30.9 Å². The van der Waals surface area contributed by atoms with E-state index in [2.05, 4.69) is 42.3 Å². The second-order valence-corrected chi connectivity index (χ2v) is 5.78. The Morgan fingerprint density at radius 1 is 1.30 bits per heavy atom. The van der Waals surface area contributed by atoms with Crippen LogP contribution in [0.3, 0.4) is 0 Å². The molecule has 1 aliphatic heterocycles. The summed E-state index contributed by atoms with van der Waals surface area (Å²) >= 11 is 0. The van der Waals surface area contributed by atoms with Gasteiger partial charge in [0.15, 0.2) is 0 Å². The summed E-state index contributed by atoms with van der Waals surface area (Å²) in [7, 11) is 1.80.